The van der Waals surface area contributed by atoms with E-state index in [-0.39, 0.29) is 23.7 Å². The van der Waals surface area contributed by atoms with E-state index in [1.807, 2.05) is 35.2 Å². The highest BCUT2D eigenvalue weighted by atomic mass is 16.5. The molecule has 0 N–H and O–H groups in total. The summed E-state index contributed by atoms with van der Waals surface area (Å²) in [5.74, 6) is 1.04. The Balaban J connectivity index is 1.60. The molecule has 0 radical (unpaired) electrons. The van der Waals surface area contributed by atoms with Crippen molar-refractivity contribution in [2.45, 2.75) is 5.92 Å². The first-order valence-electron chi connectivity index (χ1n) is 10.5. The molecule has 0 bridgehead atoms. The van der Waals surface area contributed by atoms with Crippen molar-refractivity contribution in [1.82, 2.24) is 9.80 Å². The van der Waals surface area contributed by atoms with Crippen molar-refractivity contribution in [3.05, 3.63) is 59.7 Å². The van der Waals surface area contributed by atoms with E-state index in [1.165, 1.54) is 0 Å². The molecule has 2 aliphatic heterocycles. The number of amides is 2. The van der Waals surface area contributed by atoms with Crippen LogP contribution in [0.2, 0.25) is 0 Å². The number of rotatable bonds is 5. The second-order valence-electron chi connectivity index (χ2n) is 7.87. The SMILES string of the molecule is COc1ccc([C@H]2CN(C(=O)c3cccc(OC)c3)C[C@@H]2C(=O)N2CCOCC2)cc1. The molecule has 164 valence electrons. The predicted molar refractivity (Wildman–Crippen MR) is 116 cm³/mol. The van der Waals surface area contributed by atoms with E-state index in [0.29, 0.717) is 50.7 Å². The fraction of sp³-hybridized carbons (Fsp3) is 0.417. The van der Waals surface area contributed by atoms with Crippen LogP contribution in [-0.2, 0) is 9.53 Å². The van der Waals surface area contributed by atoms with Crippen LogP contribution in [-0.4, -0.2) is 75.2 Å². The Bertz CT molecular complexity index is 924. The minimum absolute atomic E-state index is 0.0733. The fourth-order valence-electron chi connectivity index (χ4n) is 4.37. The van der Waals surface area contributed by atoms with E-state index < -0.39 is 0 Å². The van der Waals surface area contributed by atoms with Crippen LogP contribution in [0.1, 0.15) is 21.8 Å². The molecule has 4 rings (SSSR count). The van der Waals surface area contributed by atoms with Gasteiger partial charge in [0.15, 0.2) is 0 Å². The molecule has 2 aliphatic rings. The number of benzene rings is 2. The van der Waals surface area contributed by atoms with Gasteiger partial charge in [0, 0.05) is 37.7 Å². The number of hydrogen-bond donors (Lipinski definition) is 0. The lowest BCUT2D eigenvalue weighted by atomic mass is 9.88. The number of ether oxygens (including phenoxy) is 3. The second-order valence-corrected chi connectivity index (χ2v) is 7.87. The van der Waals surface area contributed by atoms with Gasteiger partial charge in [-0.05, 0) is 35.9 Å². The third-order valence-corrected chi connectivity index (χ3v) is 6.11. The van der Waals surface area contributed by atoms with Crippen molar-refractivity contribution >= 4 is 11.8 Å². The van der Waals surface area contributed by atoms with Crippen LogP contribution in [0, 0.1) is 5.92 Å². The zero-order valence-electron chi connectivity index (χ0n) is 18.0. The lowest BCUT2D eigenvalue weighted by Crippen LogP contribution is -2.45. The molecule has 2 saturated heterocycles. The Morgan fingerprint density at radius 1 is 0.903 bits per heavy atom. The summed E-state index contributed by atoms with van der Waals surface area (Å²) in [4.78, 5) is 30.3. The number of morpholine rings is 1. The summed E-state index contributed by atoms with van der Waals surface area (Å²) in [6.45, 7) is 3.17. The molecule has 0 saturated carbocycles. The summed E-state index contributed by atoms with van der Waals surface area (Å²) in [6, 6.07) is 14.9. The number of carbonyl (C=O) groups excluding carboxylic acids is 2. The van der Waals surface area contributed by atoms with Crippen LogP contribution in [0.15, 0.2) is 48.5 Å². The first-order valence-corrected chi connectivity index (χ1v) is 10.5. The van der Waals surface area contributed by atoms with Gasteiger partial charge in [-0.15, -0.1) is 0 Å². The summed E-state index contributed by atoms with van der Waals surface area (Å²) in [6.07, 6.45) is 0. The van der Waals surface area contributed by atoms with Gasteiger partial charge in [0.05, 0.1) is 33.4 Å². The van der Waals surface area contributed by atoms with Gasteiger partial charge < -0.3 is 24.0 Å². The first kappa shape index (κ1) is 21.2. The summed E-state index contributed by atoms with van der Waals surface area (Å²) in [7, 11) is 3.21. The van der Waals surface area contributed by atoms with E-state index >= 15 is 0 Å². The van der Waals surface area contributed by atoms with E-state index in [4.69, 9.17) is 14.2 Å². The molecule has 2 aromatic carbocycles. The molecule has 2 amide bonds. The van der Waals surface area contributed by atoms with Gasteiger partial charge in [0.25, 0.3) is 5.91 Å². The minimum Gasteiger partial charge on any atom is -0.497 e. The molecule has 31 heavy (non-hydrogen) atoms. The molecular weight excluding hydrogens is 396 g/mol. The van der Waals surface area contributed by atoms with Crippen LogP contribution in [0.25, 0.3) is 0 Å². The Hall–Kier alpha value is -3.06. The molecule has 7 nitrogen and oxygen atoms in total. The average molecular weight is 424 g/mol. The zero-order chi connectivity index (χ0) is 21.8. The lowest BCUT2D eigenvalue weighted by Gasteiger charge is -2.30. The van der Waals surface area contributed by atoms with Gasteiger partial charge in [-0.2, -0.15) is 0 Å². The normalized spacial score (nSPS) is 21.1. The molecule has 2 atom stereocenters. The molecule has 0 spiro atoms. The quantitative estimate of drug-likeness (QED) is 0.738. The summed E-state index contributed by atoms with van der Waals surface area (Å²) in [5.41, 5.74) is 1.60. The summed E-state index contributed by atoms with van der Waals surface area (Å²) >= 11 is 0. The largest absolute Gasteiger partial charge is 0.497 e. The van der Waals surface area contributed by atoms with Crippen LogP contribution >= 0.6 is 0 Å². The zero-order valence-corrected chi connectivity index (χ0v) is 18.0. The molecular formula is C24H28N2O5. The number of hydrogen-bond acceptors (Lipinski definition) is 5. The standard InChI is InChI=1S/C24H28N2O5/c1-29-19-8-6-17(7-9-19)21-15-26(23(27)18-4-3-5-20(14-18)30-2)16-22(21)24(28)25-10-12-31-13-11-25/h3-9,14,21-22H,10-13,15-16H2,1-2H3/t21-,22+/m1/s1. The third-order valence-electron chi connectivity index (χ3n) is 6.11. The number of nitrogens with zero attached hydrogens (tertiary/aromatic N) is 2. The molecule has 2 fully saturated rings. The maximum absolute atomic E-state index is 13.4. The molecule has 2 heterocycles. The first-order chi connectivity index (χ1) is 15.1. The second kappa shape index (κ2) is 9.39. The predicted octanol–water partition coefficient (Wildman–Crippen LogP) is 2.42. The van der Waals surface area contributed by atoms with Gasteiger partial charge in [-0.3, -0.25) is 9.59 Å². The molecule has 2 aromatic rings. The Morgan fingerprint density at radius 3 is 2.29 bits per heavy atom. The van der Waals surface area contributed by atoms with Crippen LogP contribution < -0.4 is 9.47 Å². The maximum Gasteiger partial charge on any atom is 0.254 e. The smallest absolute Gasteiger partial charge is 0.254 e. The number of carbonyl (C=O) groups is 2. The van der Waals surface area contributed by atoms with E-state index in [2.05, 4.69) is 0 Å². The molecule has 0 aromatic heterocycles. The topological polar surface area (TPSA) is 68.3 Å². The van der Waals surface area contributed by atoms with Gasteiger partial charge in [0.1, 0.15) is 11.5 Å². The highest BCUT2D eigenvalue weighted by Crippen LogP contribution is 2.36. The Labute approximate surface area is 182 Å². The highest BCUT2D eigenvalue weighted by Gasteiger charge is 2.42. The maximum atomic E-state index is 13.4. The van der Waals surface area contributed by atoms with Crippen molar-refractivity contribution < 1.29 is 23.8 Å². The van der Waals surface area contributed by atoms with E-state index in [0.717, 1.165) is 11.3 Å². The van der Waals surface area contributed by atoms with E-state index in [1.54, 1.807) is 37.3 Å². The molecule has 7 heteroatoms. The van der Waals surface area contributed by atoms with Gasteiger partial charge >= 0.3 is 0 Å². The lowest BCUT2D eigenvalue weighted by molar-refractivity contribution is -0.139. The van der Waals surface area contributed by atoms with Gasteiger partial charge in [-0.25, -0.2) is 0 Å². The van der Waals surface area contributed by atoms with Gasteiger partial charge in [-0.1, -0.05) is 18.2 Å². The van der Waals surface area contributed by atoms with Crippen molar-refractivity contribution in [1.29, 1.82) is 0 Å². The van der Waals surface area contributed by atoms with Crippen LogP contribution in [0.5, 0.6) is 11.5 Å². The molecule has 0 unspecified atom stereocenters. The third kappa shape index (κ3) is 4.51. The summed E-state index contributed by atoms with van der Waals surface area (Å²) in [5, 5.41) is 0. The van der Waals surface area contributed by atoms with Crippen molar-refractivity contribution in [3.8, 4) is 11.5 Å². The molecule has 0 aliphatic carbocycles. The highest BCUT2D eigenvalue weighted by molar-refractivity contribution is 5.95. The summed E-state index contributed by atoms with van der Waals surface area (Å²) < 4.78 is 15.9. The van der Waals surface area contributed by atoms with Crippen LogP contribution in [0.3, 0.4) is 0 Å². The van der Waals surface area contributed by atoms with Crippen molar-refractivity contribution in [3.63, 3.8) is 0 Å². The Kier molecular flexibility index (Phi) is 6.42. The number of methoxy groups -OCH3 is 2. The minimum atomic E-state index is -0.291. The monoisotopic (exact) mass is 424 g/mol. The Morgan fingerprint density at radius 2 is 1.61 bits per heavy atom. The van der Waals surface area contributed by atoms with Crippen molar-refractivity contribution in [2.24, 2.45) is 5.92 Å². The van der Waals surface area contributed by atoms with Crippen LogP contribution in [0.4, 0.5) is 0 Å². The van der Waals surface area contributed by atoms with Crippen molar-refractivity contribution in [2.75, 3.05) is 53.6 Å². The van der Waals surface area contributed by atoms with Gasteiger partial charge in [0.2, 0.25) is 5.91 Å². The number of likely N-dealkylation sites (tertiary alicyclic amines) is 1. The fourth-order valence-corrected chi connectivity index (χ4v) is 4.37. The van der Waals surface area contributed by atoms with E-state index in [9.17, 15) is 9.59 Å². The average Bonchev–Trinajstić information content (AvgIpc) is 3.29.